The highest BCUT2D eigenvalue weighted by atomic mass is 16.2. The van der Waals surface area contributed by atoms with Gasteiger partial charge in [0.05, 0.1) is 22.9 Å². The zero-order chi connectivity index (χ0) is 14.2. The van der Waals surface area contributed by atoms with Crippen molar-refractivity contribution < 1.29 is 9.59 Å². The highest BCUT2D eigenvalue weighted by molar-refractivity contribution is 5.85. The predicted octanol–water partition coefficient (Wildman–Crippen LogP) is -1.58. The van der Waals surface area contributed by atoms with Crippen molar-refractivity contribution in [2.75, 3.05) is 7.05 Å². The molecule has 0 atom stereocenters. The van der Waals surface area contributed by atoms with Gasteiger partial charge in [-0.15, -0.1) is 0 Å². The molecule has 0 saturated heterocycles. The number of hydrogen-bond acceptors (Lipinski definition) is 3. The Labute approximate surface area is 109 Å². The van der Waals surface area contributed by atoms with Gasteiger partial charge in [0.1, 0.15) is 12.8 Å². The number of likely N-dealkylation sites (N-methyl/N-ethyl adjacent to an activating group) is 1. The van der Waals surface area contributed by atoms with E-state index in [1.165, 1.54) is 14.0 Å². The van der Waals surface area contributed by atoms with Gasteiger partial charge in [-0.1, -0.05) is 12.7 Å². The molecular formula is C13H15N3O3. The summed E-state index contributed by atoms with van der Waals surface area (Å²) < 4.78 is 2.75. The Hall–Kier alpha value is -2.37. The van der Waals surface area contributed by atoms with Crippen LogP contribution < -0.4 is 16.4 Å². The monoisotopic (exact) mass is 261 g/mol. The fourth-order valence-electron chi connectivity index (χ4n) is 2.34. The summed E-state index contributed by atoms with van der Waals surface area (Å²) in [5, 5.41) is 1.26. The molecule has 0 bridgehead atoms. The number of rotatable bonds is 3. The lowest BCUT2D eigenvalue weighted by Gasteiger charge is -2.22. The number of hydrogen-bond donors (Lipinski definition) is 0. The summed E-state index contributed by atoms with van der Waals surface area (Å²) in [6, 6.07) is 0. The van der Waals surface area contributed by atoms with Crippen molar-refractivity contribution in [3.05, 3.63) is 33.8 Å². The minimum Gasteiger partial charge on any atom is -0.312 e. The highest BCUT2D eigenvalue weighted by Crippen LogP contribution is 2.05. The van der Waals surface area contributed by atoms with Crippen LogP contribution in [-0.2, 0) is 22.7 Å². The Morgan fingerprint density at radius 2 is 2.05 bits per heavy atom. The van der Waals surface area contributed by atoms with E-state index in [0.717, 1.165) is 0 Å². The Morgan fingerprint density at radius 3 is 2.58 bits per heavy atom. The van der Waals surface area contributed by atoms with Gasteiger partial charge in [-0.2, -0.15) is 0 Å². The summed E-state index contributed by atoms with van der Waals surface area (Å²) in [5.74, 6) is -0.185. The smallest absolute Gasteiger partial charge is 0.312 e. The molecule has 0 N–H and O–H groups in total. The average molecular weight is 261 g/mol. The van der Waals surface area contributed by atoms with E-state index in [0.29, 0.717) is 22.7 Å². The lowest BCUT2D eigenvalue weighted by molar-refractivity contribution is -0.128. The second kappa shape index (κ2) is 4.72. The topological polar surface area (TPSA) is 64.3 Å². The third-order valence-electron chi connectivity index (χ3n) is 3.26. The van der Waals surface area contributed by atoms with Gasteiger partial charge in [-0.05, 0) is 13.0 Å². The second-order valence-corrected chi connectivity index (χ2v) is 4.21. The summed E-state index contributed by atoms with van der Waals surface area (Å²) >= 11 is 0. The van der Waals surface area contributed by atoms with Crippen LogP contribution in [0.1, 0.15) is 6.92 Å². The molecule has 6 nitrogen and oxygen atoms in total. The van der Waals surface area contributed by atoms with Crippen molar-refractivity contribution in [1.29, 1.82) is 0 Å². The zero-order valence-corrected chi connectivity index (χ0v) is 10.9. The quantitative estimate of drug-likeness (QED) is 0.617. The SMILES string of the molecule is C=CC1=c2/c(=C\C)n(CC=O)c(=O)n2CC(=O)N1C. The van der Waals surface area contributed by atoms with Crippen LogP contribution >= 0.6 is 0 Å². The largest absolute Gasteiger partial charge is 0.330 e. The van der Waals surface area contributed by atoms with E-state index in [1.54, 1.807) is 26.1 Å². The van der Waals surface area contributed by atoms with Crippen LogP contribution in [0.15, 0.2) is 17.4 Å². The first kappa shape index (κ1) is 13.1. The number of nitrogens with zero attached hydrogens (tertiary/aromatic N) is 3. The molecule has 1 aliphatic heterocycles. The first-order chi connectivity index (χ1) is 9.06. The van der Waals surface area contributed by atoms with E-state index in [4.69, 9.17) is 0 Å². The van der Waals surface area contributed by atoms with Crippen LogP contribution in [0.25, 0.3) is 11.8 Å². The van der Waals surface area contributed by atoms with Crippen molar-refractivity contribution in [1.82, 2.24) is 14.0 Å². The number of fused-ring (bicyclic) bond motifs is 1. The molecule has 1 aliphatic rings. The number of amides is 1. The molecule has 0 saturated carbocycles. The molecule has 0 radical (unpaired) electrons. The fourth-order valence-corrected chi connectivity index (χ4v) is 2.34. The molecule has 0 spiro atoms. The van der Waals surface area contributed by atoms with Crippen molar-refractivity contribution in [3.8, 4) is 0 Å². The van der Waals surface area contributed by atoms with Crippen LogP contribution in [0.3, 0.4) is 0 Å². The Kier molecular flexibility index (Phi) is 3.25. The first-order valence-electron chi connectivity index (χ1n) is 5.89. The third kappa shape index (κ3) is 1.76. The Balaban J connectivity index is 3.02. The Morgan fingerprint density at radius 1 is 1.37 bits per heavy atom. The molecule has 0 aliphatic carbocycles. The van der Waals surface area contributed by atoms with Gasteiger partial charge in [-0.3, -0.25) is 13.9 Å². The standard InChI is InChI=1S/C13H15N3O3/c1-4-9-12-10(5-2)15(6-7-17)13(19)16(12)8-11(18)14(9)3/h4-5,7H,1,6,8H2,2-3H3/b10-5+. The summed E-state index contributed by atoms with van der Waals surface area (Å²) in [6.45, 7) is 5.43. The number of imidazole rings is 1. The summed E-state index contributed by atoms with van der Waals surface area (Å²) in [7, 11) is 1.64. The minimum absolute atomic E-state index is 0.0191. The van der Waals surface area contributed by atoms with Gasteiger partial charge in [0.2, 0.25) is 5.91 Å². The molecule has 6 heteroatoms. The summed E-state index contributed by atoms with van der Waals surface area (Å²) in [5.41, 5.74) is 0.224. The molecule has 19 heavy (non-hydrogen) atoms. The molecule has 2 heterocycles. The zero-order valence-electron chi connectivity index (χ0n) is 10.9. The number of carbonyl (C=O) groups excluding carboxylic acids is 2. The average Bonchev–Trinajstić information content (AvgIpc) is 2.65. The second-order valence-electron chi connectivity index (χ2n) is 4.21. The molecular weight excluding hydrogens is 246 g/mol. The van der Waals surface area contributed by atoms with Gasteiger partial charge in [0.15, 0.2) is 0 Å². The molecule has 2 rings (SSSR count). The summed E-state index contributed by atoms with van der Waals surface area (Å²) in [6.07, 6.45) is 3.96. The maximum absolute atomic E-state index is 12.2. The molecule has 0 unspecified atom stereocenters. The van der Waals surface area contributed by atoms with Crippen molar-refractivity contribution in [3.63, 3.8) is 0 Å². The van der Waals surface area contributed by atoms with Crippen molar-refractivity contribution >= 4 is 24.0 Å². The van der Waals surface area contributed by atoms with Crippen molar-refractivity contribution in [2.45, 2.75) is 20.0 Å². The van der Waals surface area contributed by atoms with Gasteiger partial charge < -0.3 is 9.69 Å². The van der Waals surface area contributed by atoms with Crippen LogP contribution in [0.5, 0.6) is 0 Å². The van der Waals surface area contributed by atoms with Gasteiger partial charge >= 0.3 is 5.69 Å². The lowest BCUT2D eigenvalue weighted by Crippen LogP contribution is -2.47. The molecule has 100 valence electrons. The van der Waals surface area contributed by atoms with E-state index in [-0.39, 0.29) is 24.7 Å². The van der Waals surface area contributed by atoms with Gasteiger partial charge in [-0.25, -0.2) is 4.79 Å². The molecule has 0 fully saturated rings. The first-order valence-corrected chi connectivity index (χ1v) is 5.89. The van der Waals surface area contributed by atoms with Crippen molar-refractivity contribution in [2.24, 2.45) is 0 Å². The normalized spacial score (nSPS) is 15.7. The van der Waals surface area contributed by atoms with E-state index >= 15 is 0 Å². The van der Waals surface area contributed by atoms with Crippen LogP contribution in [0.4, 0.5) is 0 Å². The van der Waals surface area contributed by atoms with Gasteiger partial charge in [0, 0.05) is 7.05 Å². The minimum atomic E-state index is -0.351. The van der Waals surface area contributed by atoms with E-state index in [9.17, 15) is 14.4 Å². The van der Waals surface area contributed by atoms with E-state index in [1.807, 2.05) is 0 Å². The molecule has 0 aromatic carbocycles. The summed E-state index contributed by atoms with van der Waals surface area (Å²) in [4.78, 5) is 36.3. The predicted molar refractivity (Wildman–Crippen MR) is 70.5 cm³/mol. The number of aldehydes is 1. The van der Waals surface area contributed by atoms with Crippen LogP contribution in [0, 0.1) is 0 Å². The number of aromatic nitrogens is 2. The Bertz CT molecular complexity index is 736. The van der Waals surface area contributed by atoms with Crippen LogP contribution in [0.2, 0.25) is 0 Å². The lowest BCUT2D eigenvalue weighted by atomic mass is 10.2. The maximum atomic E-state index is 12.2. The van der Waals surface area contributed by atoms with E-state index < -0.39 is 0 Å². The molecule has 1 aromatic rings. The molecule has 1 amide bonds. The highest BCUT2D eigenvalue weighted by Gasteiger charge is 2.24. The number of carbonyl (C=O) groups is 2. The van der Waals surface area contributed by atoms with E-state index in [2.05, 4.69) is 6.58 Å². The third-order valence-corrected chi connectivity index (χ3v) is 3.26. The molecule has 1 aromatic heterocycles. The fraction of sp³-hybridized carbons (Fsp3) is 0.308. The van der Waals surface area contributed by atoms with Gasteiger partial charge in [0.25, 0.3) is 0 Å². The van der Waals surface area contributed by atoms with Crippen LogP contribution in [-0.4, -0.2) is 33.3 Å². The maximum Gasteiger partial charge on any atom is 0.330 e.